The van der Waals surface area contributed by atoms with Crippen molar-refractivity contribution in [2.24, 2.45) is 0 Å². The van der Waals surface area contributed by atoms with E-state index in [1.54, 1.807) is 12.3 Å². The van der Waals surface area contributed by atoms with Crippen LogP contribution in [-0.2, 0) is 0 Å². The van der Waals surface area contributed by atoms with Gasteiger partial charge >= 0.3 is 0 Å². The number of anilines is 4. The summed E-state index contributed by atoms with van der Waals surface area (Å²) in [6.45, 7) is 2.72. The van der Waals surface area contributed by atoms with Gasteiger partial charge in [0.25, 0.3) is 5.91 Å². The van der Waals surface area contributed by atoms with E-state index in [4.69, 9.17) is 0 Å². The van der Waals surface area contributed by atoms with Crippen LogP contribution in [0.4, 0.5) is 23.0 Å². The number of nitrogens with zero attached hydrogens (tertiary/aromatic N) is 4. The number of carbonyl (C=O) groups excluding carboxylic acids is 1. The van der Waals surface area contributed by atoms with Gasteiger partial charge in [0.05, 0.1) is 0 Å². The Balaban J connectivity index is 1.79. The molecule has 138 valence electrons. The molecule has 1 N–H and O–H groups in total. The molecule has 0 bridgehead atoms. The van der Waals surface area contributed by atoms with E-state index in [0.717, 1.165) is 17.1 Å². The van der Waals surface area contributed by atoms with E-state index in [9.17, 15) is 4.79 Å². The number of carbonyl (C=O) groups is 1. The van der Waals surface area contributed by atoms with Gasteiger partial charge in [-0.25, -0.2) is 9.97 Å². The van der Waals surface area contributed by atoms with Gasteiger partial charge in [-0.2, -0.15) is 0 Å². The first kappa shape index (κ1) is 18.4. The van der Waals surface area contributed by atoms with Crippen LogP contribution in [0.5, 0.6) is 0 Å². The largest absolute Gasteiger partial charge is 0.378 e. The van der Waals surface area contributed by atoms with Crippen molar-refractivity contribution in [2.75, 3.05) is 35.8 Å². The second-order valence-electron chi connectivity index (χ2n) is 6.22. The van der Waals surface area contributed by atoms with E-state index >= 15 is 0 Å². The van der Waals surface area contributed by atoms with Gasteiger partial charge in [0.1, 0.15) is 5.69 Å². The fraction of sp³-hybridized carbons (Fsp3) is 0.190. The van der Waals surface area contributed by atoms with Crippen LogP contribution in [0.2, 0.25) is 0 Å². The summed E-state index contributed by atoms with van der Waals surface area (Å²) < 4.78 is 0. The lowest BCUT2D eigenvalue weighted by molar-refractivity contribution is 0.102. The van der Waals surface area contributed by atoms with Crippen LogP contribution in [0.1, 0.15) is 17.4 Å². The lowest BCUT2D eigenvalue weighted by Crippen LogP contribution is -2.21. The summed E-state index contributed by atoms with van der Waals surface area (Å²) in [6.07, 6.45) is 1.61. The zero-order valence-electron chi connectivity index (χ0n) is 15.8. The molecule has 0 aliphatic carbocycles. The van der Waals surface area contributed by atoms with E-state index in [1.165, 1.54) is 0 Å². The smallest absolute Gasteiger partial charge is 0.274 e. The van der Waals surface area contributed by atoms with E-state index in [2.05, 4.69) is 15.3 Å². The van der Waals surface area contributed by atoms with E-state index in [-0.39, 0.29) is 5.91 Å². The van der Waals surface area contributed by atoms with Crippen molar-refractivity contribution in [3.63, 3.8) is 0 Å². The first-order chi connectivity index (χ1) is 13.1. The molecule has 1 amide bonds. The van der Waals surface area contributed by atoms with Gasteiger partial charge in [0.2, 0.25) is 5.95 Å². The first-order valence-electron chi connectivity index (χ1n) is 8.83. The molecule has 1 aromatic heterocycles. The molecule has 0 unspecified atom stereocenters. The SMILES string of the molecule is CCN(c1ccccc1)c1nccc(C(=O)Nc2ccc(N(C)C)cc2)n1. The summed E-state index contributed by atoms with van der Waals surface area (Å²) in [6, 6.07) is 19.1. The summed E-state index contributed by atoms with van der Waals surface area (Å²) in [4.78, 5) is 25.4. The summed E-state index contributed by atoms with van der Waals surface area (Å²) in [5.41, 5.74) is 3.10. The van der Waals surface area contributed by atoms with Crippen molar-refractivity contribution >= 4 is 28.9 Å². The minimum atomic E-state index is -0.264. The maximum atomic E-state index is 12.6. The normalized spacial score (nSPS) is 10.3. The Morgan fingerprint density at radius 3 is 2.30 bits per heavy atom. The summed E-state index contributed by atoms with van der Waals surface area (Å²) in [7, 11) is 3.95. The quantitative estimate of drug-likeness (QED) is 0.720. The first-order valence-corrected chi connectivity index (χ1v) is 8.83. The summed E-state index contributed by atoms with van der Waals surface area (Å²) in [5.74, 6) is 0.236. The number of amides is 1. The highest BCUT2D eigenvalue weighted by molar-refractivity contribution is 6.03. The third-order valence-corrected chi connectivity index (χ3v) is 4.14. The number of aromatic nitrogens is 2. The maximum absolute atomic E-state index is 12.6. The molecule has 0 saturated carbocycles. The van der Waals surface area contributed by atoms with Crippen LogP contribution in [0.25, 0.3) is 0 Å². The second-order valence-corrected chi connectivity index (χ2v) is 6.22. The number of hydrogen-bond acceptors (Lipinski definition) is 5. The van der Waals surface area contributed by atoms with Gasteiger partial charge in [-0.3, -0.25) is 4.79 Å². The number of rotatable bonds is 6. The standard InChI is InChI=1S/C21H23N5O/c1-4-26(18-8-6-5-7-9-18)21-22-15-14-19(24-21)20(27)23-16-10-12-17(13-11-16)25(2)3/h5-15H,4H2,1-3H3,(H,23,27). The molecule has 6 heteroatoms. The van der Waals surface area contributed by atoms with Gasteiger partial charge in [0.15, 0.2) is 0 Å². The molecule has 0 fully saturated rings. The average Bonchev–Trinajstić information content (AvgIpc) is 2.70. The molecular formula is C21H23N5O. The van der Waals surface area contributed by atoms with Gasteiger partial charge in [0, 0.05) is 43.9 Å². The van der Waals surface area contributed by atoms with Crippen LogP contribution < -0.4 is 15.1 Å². The molecule has 0 atom stereocenters. The van der Waals surface area contributed by atoms with Crippen molar-refractivity contribution < 1.29 is 4.79 Å². The van der Waals surface area contributed by atoms with Crippen LogP contribution in [-0.4, -0.2) is 36.5 Å². The van der Waals surface area contributed by atoms with Gasteiger partial charge in [-0.05, 0) is 49.4 Å². The fourth-order valence-electron chi connectivity index (χ4n) is 2.69. The number of benzene rings is 2. The molecule has 0 saturated heterocycles. The average molecular weight is 361 g/mol. The zero-order chi connectivity index (χ0) is 19.2. The molecule has 0 aliphatic heterocycles. The minimum Gasteiger partial charge on any atom is -0.378 e. The molecule has 6 nitrogen and oxygen atoms in total. The highest BCUT2D eigenvalue weighted by Crippen LogP contribution is 2.21. The molecule has 3 rings (SSSR count). The predicted molar refractivity (Wildman–Crippen MR) is 110 cm³/mol. The molecule has 0 spiro atoms. The Morgan fingerprint density at radius 2 is 1.67 bits per heavy atom. The van der Waals surface area contributed by atoms with E-state index < -0.39 is 0 Å². The Labute approximate surface area is 159 Å². The van der Waals surface area contributed by atoms with Crippen LogP contribution >= 0.6 is 0 Å². The van der Waals surface area contributed by atoms with Crippen molar-refractivity contribution in [2.45, 2.75) is 6.92 Å². The lowest BCUT2D eigenvalue weighted by atomic mass is 10.2. The number of hydrogen-bond donors (Lipinski definition) is 1. The van der Waals surface area contributed by atoms with Crippen LogP contribution in [0.3, 0.4) is 0 Å². The Bertz CT molecular complexity index is 894. The van der Waals surface area contributed by atoms with Crippen molar-refractivity contribution in [1.82, 2.24) is 9.97 Å². The van der Waals surface area contributed by atoms with Crippen LogP contribution in [0.15, 0.2) is 66.9 Å². The summed E-state index contributed by atoms with van der Waals surface area (Å²) >= 11 is 0. The number of para-hydroxylation sites is 1. The third kappa shape index (κ3) is 4.41. The Hall–Kier alpha value is -3.41. The lowest BCUT2D eigenvalue weighted by Gasteiger charge is -2.21. The predicted octanol–water partition coefficient (Wildman–Crippen LogP) is 3.95. The van der Waals surface area contributed by atoms with E-state index in [0.29, 0.717) is 18.2 Å². The molecule has 1 heterocycles. The van der Waals surface area contributed by atoms with Gasteiger partial charge in [-0.15, -0.1) is 0 Å². The molecule has 2 aromatic carbocycles. The van der Waals surface area contributed by atoms with Crippen molar-refractivity contribution in [3.8, 4) is 0 Å². The van der Waals surface area contributed by atoms with Gasteiger partial charge in [-0.1, -0.05) is 18.2 Å². The Kier molecular flexibility index (Phi) is 5.66. The minimum absolute atomic E-state index is 0.264. The van der Waals surface area contributed by atoms with Crippen LogP contribution in [0, 0.1) is 0 Å². The fourth-order valence-corrected chi connectivity index (χ4v) is 2.69. The second kappa shape index (κ2) is 8.31. The molecule has 0 aliphatic rings. The van der Waals surface area contributed by atoms with Crippen molar-refractivity contribution in [3.05, 3.63) is 72.6 Å². The zero-order valence-corrected chi connectivity index (χ0v) is 15.8. The molecule has 3 aromatic rings. The number of nitrogens with one attached hydrogen (secondary N) is 1. The van der Waals surface area contributed by atoms with Gasteiger partial charge < -0.3 is 15.1 Å². The maximum Gasteiger partial charge on any atom is 0.274 e. The summed E-state index contributed by atoms with van der Waals surface area (Å²) in [5, 5.41) is 2.88. The molecule has 27 heavy (non-hydrogen) atoms. The van der Waals surface area contributed by atoms with Crippen molar-refractivity contribution in [1.29, 1.82) is 0 Å². The molecule has 0 radical (unpaired) electrons. The third-order valence-electron chi connectivity index (χ3n) is 4.14. The highest BCUT2D eigenvalue weighted by atomic mass is 16.1. The highest BCUT2D eigenvalue weighted by Gasteiger charge is 2.14. The molecular weight excluding hydrogens is 338 g/mol. The van der Waals surface area contributed by atoms with E-state index in [1.807, 2.05) is 85.4 Å². The topological polar surface area (TPSA) is 61.4 Å². The Morgan fingerprint density at radius 1 is 0.963 bits per heavy atom. The monoisotopic (exact) mass is 361 g/mol.